The van der Waals surface area contributed by atoms with Crippen LogP contribution in [0.1, 0.15) is 38.2 Å². The zero-order valence-electron chi connectivity index (χ0n) is 12.8. The third-order valence-electron chi connectivity index (χ3n) is 4.38. The van der Waals surface area contributed by atoms with Gasteiger partial charge in [0.05, 0.1) is 6.10 Å². The van der Waals surface area contributed by atoms with Crippen molar-refractivity contribution >= 4 is 17.3 Å². The zero-order chi connectivity index (χ0) is 14.7. The Balaban J connectivity index is 1.73. The normalized spacial score (nSPS) is 21.7. The Morgan fingerprint density at radius 2 is 2.19 bits per heavy atom. The highest BCUT2D eigenvalue weighted by Gasteiger charge is 2.23. The highest BCUT2D eigenvalue weighted by Crippen LogP contribution is 2.28. The molecular weight excluding hydrogens is 284 g/mol. The van der Waals surface area contributed by atoms with Crippen molar-refractivity contribution in [2.45, 2.75) is 51.3 Å². The van der Waals surface area contributed by atoms with E-state index in [2.05, 4.69) is 29.3 Å². The molecule has 1 heterocycles. The van der Waals surface area contributed by atoms with Gasteiger partial charge in [-0.1, -0.05) is 17.7 Å². The van der Waals surface area contributed by atoms with Crippen molar-refractivity contribution in [1.29, 1.82) is 0 Å². The fourth-order valence-corrected chi connectivity index (χ4v) is 3.12. The molecule has 116 valence electrons. The molecule has 0 spiro atoms. The largest absolute Gasteiger partial charge is 0.376 e. The minimum atomic E-state index is 0.369. The van der Waals surface area contributed by atoms with E-state index in [1.54, 1.807) is 0 Å². The molecule has 1 saturated heterocycles. The van der Waals surface area contributed by atoms with E-state index in [1.807, 2.05) is 6.07 Å². The molecule has 1 saturated carbocycles. The van der Waals surface area contributed by atoms with Gasteiger partial charge in [-0.05, 0) is 50.3 Å². The quantitative estimate of drug-likeness (QED) is 0.833. The number of rotatable bonds is 7. The van der Waals surface area contributed by atoms with Crippen LogP contribution in [0.2, 0.25) is 5.02 Å². The number of anilines is 1. The summed E-state index contributed by atoms with van der Waals surface area (Å²) in [5.74, 6) is 0. The molecule has 2 aliphatic rings. The van der Waals surface area contributed by atoms with E-state index in [-0.39, 0.29) is 0 Å². The van der Waals surface area contributed by atoms with Gasteiger partial charge >= 0.3 is 0 Å². The van der Waals surface area contributed by atoms with Crippen LogP contribution in [0.25, 0.3) is 0 Å². The first-order chi connectivity index (χ1) is 10.3. The molecule has 0 amide bonds. The van der Waals surface area contributed by atoms with Crippen molar-refractivity contribution in [2.75, 3.05) is 24.6 Å². The molecule has 0 aromatic heterocycles. The SMILES string of the molecule is CCN(CC1CCCO1)c1cc(Cl)ccc1CNC1CC1. The van der Waals surface area contributed by atoms with Gasteiger partial charge in [0.1, 0.15) is 0 Å². The van der Waals surface area contributed by atoms with Crippen LogP contribution in [0.3, 0.4) is 0 Å². The average molecular weight is 309 g/mol. The molecule has 1 N–H and O–H groups in total. The van der Waals surface area contributed by atoms with E-state index in [9.17, 15) is 0 Å². The number of ether oxygens (including phenoxy) is 1. The van der Waals surface area contributed by atoms with Crippen molar-refractivity contribution in [1.82, 2.24) is 5.32 Å². The van der Waals surface area contributed by atoms with E-state index in [0.717, 1.165) is 37.3 Å². The third kappa shape index (κ3) is 4.12. The Morgan fingerprint density at radius 3 is 2.86 bits per heavy atom. The minimum Gasteiger partial charge on any atom is -0.376 e. The smallest absolute Gasteiger partial charge is 0.0750 e. The van der Waals surface area contributed by atoms with Crippen LogP contribution in [0, 0.1) is 0 Å². The second kappa shape index (κ2) is 6.99. The minimum absolute atomic E-state index is 0.369. The Labute approximate surface area is 132 Å². The number of halogens is 1. The molecule has 1 aliphatic heterocycles. The number of nitrogens with zero attached hydrogens (tertiary/aromatic N) is 1. The molecule has 3 nitrogen and oxygen atoms in total. The molecule has 21 heavy (non-hydrogen) atoms. The number of benzene rings is 1. The van der Waals surface area contributed by atoms with Crippen molar-refractivity contribution in [3.63, 3.8) is 0 Å². The second-order valence-electron chi connectivity index (χ2n) is 6.10. The summed E-state index contributed by atoms with van der Waals surface area (Å²) in [6.45, 7) is 5.99. The summed E-state index contributed by atoms with van der Waals surface area (Å²) in [4.78, 5) is 2.41. The van der Waals surface area contributed by atoms with Crippen LogP contribution >= 0.6 is 11.6 Å². The van der Waals surface area contributed by atoms with Crippen LogP contribution in [0.5, 0.6) is 0 Å². The molecule has 1 aliphatic carbocycles. The summed E-state index contributed by atoms with van der Waals surface area (Å²) in [7, 11) is 0. The number of nitrogens with one attached hydrogen (secondary N) is 1. The van der Waals surface area contributed by atoms with Crippen molar-refractivity contribution in [2.24, 2.45) is 0 Å². The lowest BCUT2D eigenvalue weighted by Gasteiger charge is -2.28. The van der Waals surface area contributed by atoms with Crippen molar-refractivity contribution in [3.05, 3.63) is 28.8 Å². The predicted octanol–water partition coefficient (Wildman–Crippen LogP) is 3.60. The van der Waals surface area contributed by atoms with Gasteiger partial charge in [0.25, 0.3) is 0 Å². The highest BCUT2D eigenvalue weighted by molar-refractivity contribution is 6.30. The molecule has 0 radical (unpaired) electrons. The summed E-state index contributed by atoms with van der Waals surface area (Å²) < 4.78 is 5.79. The van der Waals surface area contributed by atoms with Gasteiger partial charge in [-0.2, -0.15) is 0 Å². The van der Waals surface area contributed by atoms with Gasteiger partial charge in [-0.25, -0.2) is 0 Å². The number of likely N-dealkylation sites (N-methyl/N-ethyl adjacent to an activating group) is 1. The molecule has 1 aromatic rings. The average Bonchev–Trinajstić information content (AvgIpc) is 3.18. The monoisotopic (exact) mass is 308 g/mol. The Morgan fingerprint density at radius 1 is 1.33 bits per heavy atom. The van der Waals surface area contributed by atoms with Crippen LogP contribution < -0.4 is 10.2 Å². The summed E-state index contributed by atoms with van der Waals surface area (Å²) in [6.07, 6.45) is 5.36. The van der Waals surface area contributed by atoms with Crippen molar-refractivity contribution in [3.8, 4) is 0 Å². The van der Waals surface area contributed by atoms with Gasteiger partial charge < -0.3 is 15.0 Å². The molecular formula is C17H25ClN2O. The van der Waals surface area contributed by atoms with Crippen LogP contribution in [0.15, 0.2) is 18.2 Å². The second-order valence-corrected chi connectivity index (χ2v) is 6.54. The summed E-state index contributed by atoms with van der Waals surface area (Å²) in [5.41, 5.74) is 2.60. The molecule has 3 rings (SSSR count). The number of hydrogen-bond acceptors (Lipinski definition) is 3. The van der Waals surface area contributed by atoms with Gasteiger partial charge in [-0.15, -0.1) is 0 Å². The summed E-state index contributed by atoms with van der Waals surface area (Å²) in [6, 6.07) is 6.98. The predicted molar refractivity (Wildman–Crippen MR) is 88.2 cm³/mol. The zero-order valence-corrected chi connectivity index (χ0v) is 13.5. The highest BCUT2D eigenvalue weighted by atomic mass is 35.5. The van der Waals surface area contributed by atoms with Crippen molar-refractivity contribution < 1.29 is 4.74 Å². The molecule has 1 unspecified atom stereocenters. The van der Waals surface area contributed by atoms with Gasteiger partial charge in [0.15, 0.2) is 0 Å². The van der Waals surface area contributed by atoms with Crippen LogP contribution in [0.4, 0.5) is 5.69 Å². The Kier molecular flexibility index (Phi) is 5.04. The van der Waals surface area contributed by atoms with Gasteiger partial charge in [-0.3, -0.25) is 0 Å². The molecule has 4 heteroatoms. The summed E-state index contributed by atoms with van der Waals surface area (Å²) in [5, 5.41) is 4.42. The molecule has 1 aromatic carbocycles. The lowest BCUT2D eigenvalue weighted by molar-refractivity contribution is 0.115. The fourth-order valence-electron chi connectivity index (χ4n) is 2.95. The Bertz CT molecular complexity index is 470. The lowest BCUT2D eigenvalue weighted by atomic mass is 10.1. The van der Waals surface area contributed by atoms with E-state index in [0.29, 0.717) is 6.10 Å². The first kappa shape index (κ1) is 15.1. The molecule has 2 fully saturated rings. The molecule has 0 bridgehead atoms. The van der Waals surface area contributed by atoms with E-state index in [4.69, 9.17) is 16.3 Å². The topological polar surface area (TPSA) is 24.5 Å². The lowest BCUT2D eigenvalue weighted by Crippen LogP contribution is -2.33. The third-order valence-corrected chi connectivity index (χ3v) is 4.61. The maximum absolute atomic E-state index is 6.23. The van der Waals surface area contributed by atoms with Crippen LogP contribution in [-0.4, -0.2) is 31.8 Å². The van der Waals surface area contributed by atoms with E-state index < -0.39 is 0 Å². The fraction of sp³-hybridized carbons (Fsp3) is 0.647. The molecule has 1 atom stereocenters. The van der Waals surface area contributed by atoms with Gasteiger partial charge in [0, 0.05) is 43.0 Å². The first-order valence-corrected chi connectivity index (χ1v) is 8.52. The standard InChI is InChI=1S/C17H25ClN2O/c1-2-20(12-16-4-3-9-21-16)17-10-14(18)6-5-13(17)11-19-15-7-8-15/h5-6,10,15-16,19H,2-4,7-9,11-12H2,1H3. The van der Waals surface area contributed by atoms with Crippen LogP contribution in [-0.2, 0) is 11.3 Å². The van der Waals surface area contributed by atoms with E-state index >= 15 is 0 Å². The summed E-state index contributed by atoms with van der Waals surface area (Å²) >= 11 is 6.23. The number of hydrogen-bond donors (Lipinski definition) is 1. The maximum atomic E-state index is 6.23. The van der Waals surface area contributed by atoms with E-state index in [1.165, 1.54) is 36.9 Å². The van der Waals surface area contributed by atoms with Gasteiger partial charge in [0.2, 0.25) is 0 Å². The maximum Gasteiger partial charge on any atom is 0.0750 e. The Hall–Kier alpha value is -0.770. The first-order valence-electron chi connectivity index (χ1n) is 8.14.